The molecule has 0 aliphatic rings. The molecule has 0 spiro atoms. The molecule has 2 rings (SSSR count). The molecule has 4 nitrogen and oxygen atoms in total. The zero-order chi connectivity index (χ0) is 12.3. The molecule has 0 bridgehead atoms. The van der Waals surface area contributed by atoms with Crippen molar-refractivity contribution < 1.29 is 4.79 Å². The summed E-state index contributed by atoms with van der Waals surface area (Å²) in [4.78, 5) is 23.6. The van der Waals surface area contributed by atoms with E-state index in [4.69, 9.17) is 0 Å². The smallest absolute Gasteiger partial charge is 0.277 e. The summed E-state index contributed by atoms with van der Waals surface area (Å²) < 4.78 is 1.36. The molecule has 17 heavy (non-hydrogen) atoms. The molecule has 0 saturated carbocycles. The van der Waals surface area contributed by atoms with Gasteiger partial charge < -0.3 is 0 Å². The van der Waals surface area contributed by atoms with Crippen LogP contribution < -0.4 is 5.56 Å². The number of carbonyl (C=O) groups excluding carboxylic acids is 1. The Bertz CT molecular complexity index is 573. The van der Waals surface area contributed by atoms with Gasteiger partial charge in [0.2, 0.25) is 0 Å². The predicted molar refractivity (Wildman–Crippen MR) is 67.5 cm³/mol. The van der Waals surface area contributed by atoms with E-state index in [1.165, 1.54) is 16.0 Å². The van der Waals surface area contributed by atoms with Crippen LogP contribution in [0.25, 0.3) is 10.6 Å². The highest BCUT2D eigenvalue weighted by atomic mass is 32.1. The summed E-state index contributed by atoms with van der Waals surface area (Å²) in [6, 6.07) is 5.38. The molecule has 0 unspecified atom stereocenters. The van der Waals surface area contributed by atoms with Gasteiger partial charge in [0.15, 0.2) is 6.29 Å². The first kappa shape index (κ1) is 11.7. The monoisotopic (exact) mass is 248 g/mol. The number of nitrogens with zero attached hydrogens (tertiary/aromatic N) is 2. The minimum absolute atomic E-state index is 0.164. The van der Waals surface area contributed by atoms with Gasteiger partial charge in [-0.15, -0.1) is 11.3 Å². The van der Waals surface area contributed by atoms with E-state index in [1.54, 1.807) is 6.07 Å². The van der Waals surface area contributed by atoms with Gasteiger partial charge in [0.05, 0.1) is 10.4 Å². The minimum Gasteiger partial charge on any atom is -0.298 e. The maximum Gasteiger partial charge on any atom is 0.277 e. The third kappa shape index (κ3) is 2.34. The molecule has 0 amide bonds. The molecule has 0 aliphatic heterocycles. The maximum atomic E-state index is 11.8. The number of thiophene rings is 1. The van der Waals surface area contributed by atoms with Gasteiger partial charge in [-0.1, -0.05) is 13.0 Å². The number of aryl methyl sites for hydroxylation is 1. The van der Waals surface area contributed by atoms with Crippen LogP contribution in [0.3, 0.4) is 0 Å². The van der Waals surface area contributed by atoms with Gasteiger partial charge in [-0.2, -0.15) is 5.10 Å². The van der Waals surface area contributed by atoms with Gasteiger partial charge >= 0.3 is 0 Å². The first-order valence-corrected chi connectivity index (χ1v) is 6.25. The lowest BCUT2D eigenvalue weighted by atomic mass is 10.2. The number of aromatic nitrogens is 2. The van der Waals surface area contributed by atoms with Gasteiger partial charge in [0.1, 0.15) is 5.69 Å². The van der Waals surface area contributed by atoms with Gasteiger partial charge in [0, 0.05) is 6.54 Å². The zero-order valence-corrected chi connectivity index (χ0v) is 10.2. The molecule has 0 fully saturated rings. The van der Waals surface area contributed by atoms with Crippen molar-refractivity contribution in [1.29, 1.82) is 0 Å². The molecular formula is C12H12N2O2S. The number of rotatable bonds is 4. The first-order valence-electron chi connectivity index (χ1n) is 5.37. The fourth-order valence-electron chi connectivity index (χ4n) is 1.55. The second kappa shape index (κ2) is 5.05. The summed E-state index contributed by atoms with van der Waals surface area (Å²) in [6.45, 7) is 2.49. The van der Waals surface area contributed by atoms with Crippen LogP contribution in [0.5, 0.6) is 0 Å². The Morgan fingerprint density at radius 2 is 2.35 bits per heavy atom. The summed E-state index contributed by atoms with van der Waals surface area (Å²) in [5.41, 5.74) is 0.522. The van der Waals surface area contributed by atoms with Crippen molar-refractivity contribution in [3.63, 3.8) is 0 Å². The van der Waals surface area contributed by atoms with E-state index in [2.05, 4.69) is 5.10 Å². The van der Waals surface area contributed by atoms with E-state index in [1.807, 2.05) is 24.4 Å². The Labute approximate surface area is 103 Å². The van der Waals surface area contributed by atoms with E-state index in [0.717, 1.165) is 11.3 Å². The van der Waals surface area contributed by atoms with Crippen LogP contribution in [-0.2, 0) is 6.54 Å². The summed E-state index contributed by atoms with van der Waals surface area (Å²) in [7, 11) is 0. The van der Waals surface area contributed by atoms with Crippen molar-refractivity contribution >= 4 is 17.6 Å². The van der Waals surface area contributed by atoms with Gasteiger partial charge in [-0.25, -0.2) is 4.68 Å². The number of hydrogen-bond donors (Lipinski definition) is 0. The summed E-state index contributed by atoms with van der Waals surface area (Å²) in [5, 5.41) is 6.21. The summed E-state index contributed by atoms with van der Waals surface area (Å²) in [5.74, 6) is 0. The largest absolute Gasteiger partial charge is 0.298 e. The highest BCUT2D eigenvalue weighted by molar-refractivity contribution is 7.13. The summed E-state index contributed by atoms with van der Waals surface area (Å²) >= 11 is 1.53. The van der Waals surface area contributed by atoms with E-state index in [0.29, 0.717) is 18.5 Å². The molecule has 0 aromatic carbocycles. The molecule has 2 aromatic heterocycles. The third-order valence-corrected chi connectivity index (χ3v) is 3.23. The van der Waals surface area contributed by atoms with Crippen molar-refractivity contribution in [1.82, 2.24) is 9.78 Å². The highest BCUT2D eigenvalue weighted by Gasteiger charge is 2.09. The Morgan fingerprint density at radius 3 is 2.94 bits per heavy atom. The first-order chi connectivity index (χ1) is 8.26. The Kier molecular flexibility index (Phi) is 3.49. The van der Waals surface area contributed by atoms with Gasteiger partial charge in [-0.05, 0) is 23.9 Å². The topological polar surface area (TPSA) is 52.0 Å². The molecule has 0 radical (unpaired) electrons. The molecule has 0 aliphatic carbocycles. The van der Waals surface area contributed by atoms with Crippen LogP contribution in [0.15, 0.2) is 28.4 Å². The van der Waals surface area contributed by atoms with Crippen molar-refractivity contribution in [2.45, 2.75) is 19.9 Å². The molecule has 0 atom stereocenters. The zero-order valence-electron chi connectivity index (χ0n) is 9.42. The van der Waals surface area contributed by atoms with Crippen LogP contribution in [0, 0.1) is 0 Å². The number of aldehydes is 1. The van der Waals surface area contributed by atoms with Gasteiger partial charge in [0.25, 0.3) is 5.56 Å². The predicted octanol–water partition coefficient (Wildman–Crippen LogP) is 2.19. The molecule has 88 valence electrons. The Morgan fingerprint density at radius 1 is 1.53 bits per heavy atom. The lowest BCUT2D eigenvalue weighted by Crippen LogP contribution is -2.26. The molecular weight excluding hydrogens is 236 g/mol. The third-order valence-electron chi connectivity index (χ3n) is 2.34. The van der Waals surface area contributed by atoms with E-state index >= 15 is 0 Å². The fourth-order valence-corrected chi connectivity index (χ4v) is 2.24. The van der Waals surface area contributed by atoms with Gasteiger partial charge in [-0.3, -0.25) is 9.59 Å². The lowest BCUT2D eigenvalue weighted by Gasteiger charge is -2.05. The fraction of sp³-hybridized carbons (Fsp3) is 0.250. The van der Waals surface area contributed by atoms with Crippen molar-refractivity contribution in [3.8, 4) is 10.6 Å². The Hall–Kier alpha value is -1.75. The Balaban J connectivity index is 2.58. The quantitative estimate of drug-likeness (QED) is 0.779. The minimum atomic E-state index is -0.317. The average Bonchev–Trinajstić information content (AvgIpc) is 2.85. The van der Waals surface area contributed by atoms with Crippen LogP contribution >= 0.6 is 11.3 Å². The van der Waals surface area contributed by atoms with Crippen molar-refractivity contribution in [3.05, 3.63) is 39.5 Å². The standard InChI is InChI=1S/C12H12N2O2S/c1-2-5-14-12(16)9(8-15)7-10(13-14)11-4-3-6-17-11/h3-4,6-8H,2,5H2,1H3. The van der Waals surface area contributed by atoms with Crippen molar-refractivity contribution in [2.75, 3.05) is 0 Å². The SMILES string of the molecule is CCCn1nc(-c2cccs2)cc(C=O)c1=O. The van der Waals surface area contributed by atoms with Crippen LogP contribution in [0.4, 0.5) is 0 Å². The molecule has 0 N–H and O–H groups in total. The average molecular weight is 248 g/mol. The molecule has 2 heterocycles. The van der Waals surface area contributed by atoms with Crippen LogP contribution in [0.2, 0.25) is 0 Å². The molecule has 5 heteroatoms. The van der Waals surface area contributed by atoms with E-state index in [9.17, 15) is 9.59 Å². The van der Waals surface area contributed by atoms with Crippen molar-refractivity contribution in [2.24, 2.45) is 0 Å². The van der Waals surface area contributed by atoms with E-state index < -0.39 is 0 Å². The lowest BCUT2D eigenvalue weighted by molar-refractivity contribution is 0.112. The number of carbonyl (C=O) groups is 1. The van der Waals surface area contributed by atoms with E-state index in [-0.39, 0.29) is 11.1 Å². The van der Waals surface area contributed by atoms with Crippen LogP contribution in [0.1, 0.15) is 23.7 Å². The second-order valence-corrected chi connectivity index (χ2v) is 4.56. The normalized spacial score (nSPS) is 10.4. The molecule has 2 aromatic rings. The molecule has 0 saturated heterocycles. The number of hydrogen-bond acceptors (Lipinski definition) is 4. The second-order valence-electron chi connectivity index (χ2n) is 3.61. The summed E-state index contributed by atoms with van der Waals surface area (Å²) in [6.07, 6.45) is 1.40. The maximum absolute atomic E-state index is 11.8. The highest BCUT2D eigenvalue weighted by Crippen LogP contribution is 2.21. The van der Waals surface area contributed by atoms with Crippen LogP contribution in [-0.4, -0.2) is 16.1 Å².